The smallest absolute Gasteiger partial charge is 0.237 e. The van der Waals surface area contributed by atoms with Gasteiger partial charge in [-0.1, -0.05) is 0 Å². The van der Waals surface area contributed by atoms with Gasteiger partial charge in [0.05, 0.1) is 11.8 Å². The molecular weight excluding hydrogens is 278 g/mol. The Hall–Kier alpha value is -0.660. The molecule has 0 aromatic rings. The Morgan fingerprint density at radius 3 is 2.65 bits per heavy atom. The van der Waals surface area contributed by atoms with Crippen LogP contribution < -0.4 is 10.6 Å². The molecular formula is C13H25N3O3S. The Kier molecular flexibility index (Phi) is 5.40. The van der Waals surface area contributed by atoms with Crippen molar-refractivity contribution in [2.45, 2.75) is 37.8 Å². The highest BCUT2D eigenvalue weighted by Gasteiger charge is 2.35. The maximum absolute atomic E-state index is 12.2. The van der Waals surface area contributed by atoms with Crippen molar-refractivity contribution >= 4 is 15.7 Å². The van der Waals surface area contributed by atoms with Gasteiger partial charge < -0.3 is 10.6 Å². The Morgan fingerprint density at radius 2 is 2.00 bits per heavy atom. The minimum absolute atomic E-state index is 0.00955. The molecule has 0 aromatic carbocycles. The second kappa shape index (κ2) is 6.87. The standard InChI is InChI=1S/C13H25N3O3S/c1-20(18,19)10-8-15-13(17)12-3-2-9-16(12)11-4-6-14-7-5-11/h11-12,14H,2-10H2,1H3,(H,15,17). The predicted molar refractivity (Wildman–Crippen MR) is 78.3 cm³/mol. The van der Waals surface area contributed by atoms with Gasteiger partial charge in [-0.25, -0.2) is 8.42 Å². The van der Waals surface area contributed by atoms with E-state index in [-0.39, 0.29) is 24.2 Å². The van der Waals surface area contributed by atoms with Crippen LogP contribution in [0.4, 0.5) is 0 Å². The van der Waals surface area contributed by atoms with Crippen LogP contribution in [0, 0.1) is 0 Å². The van der Waals surface area contributed by atoms with Gasteiger partial charge in [-0.3, -0.25) is 9.69 Å². The van der Waals surface area contributed by atoms with Crippen LogP contribution in [0.25, 0.3) is 0 Å². The molecule has 2 aliphatic heterocycles. The summed E-state index contributed by atoms with van der Waals surface area (Å²) in [4.78, 5) is 14.5. The maximum atomic E-state index is 12.2. The van der Waals surface area contributed by atoms with Crippen LogP contribution in [0.2, 0.25) is 0 Å². The lowest BCUT2D eigenvalue weighted by Crippen LogP contribution is -2.51. The van der Waals surface area contributed by atoms with Crippen molar-refractivity contribution < 1.29 is 13.2 Å². The quantitative estimate of drug-likeness (QED) is 0.707. The molecule has 0 bridgehead atoms. The topological polar surface area (TPSA) is 78.5 Å². The van der Waals surface area contributed by atoms with Gasteiger partial charge in [0.1, 0.15) is 9.84 Å². The van der Waals surface area contributed by atoms with Crippen molar-refractivity contribution in [1.82, 2.24) is 15.5 Å². The minimum atomic E-state index is -3.01. The Morgan fingerprint density at radius 1 is 1.30 bits per heavy atom. The molecule has 0 radical (unpaired) electrons. The normalized spacial score (nSPS) is 25.8. The molecule has 2 saturated heterocycles. The molecule has 0 saturated carbocycles. The summed E-state index contributed by atoms with van der Waals surface area (Å²) in [5.41, 5.74) is 0. The highest BCUT2D eigenvalue weighted by Crippen LogP contribution is 2.24. The van der Waals surface area contributed by atoms with E-state index in [4.69, 9.17) is 0 Å². The molecule has 1 atom stereocenters. The summed E-state index contributed by atoms with van der Waals surface area (Å²) < 4.78 is 22.2. The first-order valence-electron chi connectivity index (χ1n) is 7.39. The fourth-order valence-corrected chi connectivity index (χ4v) is 3.60. The number of nitrogens with zero attached hydrogens (tertiary/aromatic N) is 1. The summed E-state index contributed by atoms with van der Waals surface area (Å²) in [7, 11) is -3.01. The molecule has 0 aromatic heterocycles. The number of hydrogen-bond donors (Lipinski definition) is 2. The van der Waals surface area contributed by atoms with Gasteiger partial charge in [-0.05, 0) is 45.3 Å². The van der Waals surface area contributed by atoms with E-state index >= 15 is 0 Å². The summed E-state index contributed by atoms with van der Waals surface area (Å²) in [6.07, 6.45) is 5.30. The van der Waals surface area contributed by atoms with Crippen LogP contribution in [0.3, 0.4) is 0 Å². The number of piperidine rings is 1. The first kappa shape index (κ1) is 15.7. The van der Waals surface area contributed by atoms with Crippen molar-refractivity contribution in [2.75, 3.05) is 38.2 Å². The molecule has 2 N–H and O–H groups in total. The zero-order chi connectivity index (χ0) is 14.6. The van der Waals surface area contributed by atoms with E-state index in [9.17, 15) is 13.2 Å². The molecule has 1 amide bonds. The largest absolute Gasteiger partial charge is 0.354 e. The van der Waals surface area contributed by atoms with Gasteiger partial charge >= 0.3 is 0 Å². The van der Waals surface area contributed by atoms with E-state index < -0.39 is 9.84 Å². The van der Waals surface area contributed by atoms with E-state index in [0.29, 0.717) is 6.04 Å². The van der Waals surface area contributed by atoms with Gasteiger partial charge in [0, 0.05) is 18.8 Å². The molecule has 2 fully saturated rings. The number of likely N-dealkylation sites (tertiary alicyclic amines) is 1. The molecule has 2 rings (SSSR count). The lowest BCUT2D eigenvalue weighted by atomic mass is 10.0. The Labute approximate surface area is 121 Å². The third-order valence-electron chi connectivity index (χ3n) is 4.15. The monoisotopic (exact) mass is 303 g/mol. The highest BCUT2D eigenvalue weighted by atomic mass is 32.2. The van der Waals surface area contributed by atoms with Gasteiger partial charge in [0.25, 0.3) is 0 Å². The number of sulfone groups is 1. The summed E-state index contributed by atoms with van der Waals surface area (Å²) >= 11 is 0. The lowest BCUT2D eigenvalue weighted by molar-refractivity contribution is -0.126. The Balaban J connectivity index is 1.84. The van der Waals surface area contributed by atoms with E-state index in [0.717, 1.165) is 45.3 Å². The van der Waals surface area contributed by atoms with Crippen molar-refractivity contribution in [3.05, 3.63) is 0 Å². The predicted octanol–water partition coefficient (Wildman–Crippen LogP) is -0.636. The summed E-state index contributed by atoms with van der Waals surface area (Å²) in [6, 6.07) is 0.419. The first-order valence-corrected chi connectivity index (χ1v) is 9.45. The number of carbonyl (C=O) groups is 1. The fraction of sp³-hybridized carbons (Fsp3) is 0.923. The van der Waals surface area contributed by atoms with E-state index in [1.807, 2.05) is 0 Å². The van der Waals surface area contributed by atoms with Crippen molar-refractivity contribution in [1.29, 1.82) is 0 Å². The summed E-state index contributed by atoms with van der Waals surface area (Å²) in [5, 5.41) is 6.11. The second-order valence-corrected chi connectivity index (χ2v) is 8.06. The van der Waals surface area contributed by atoms with Crippen LogP contribution in [0.15, 0.2) is 0 Å². The average Bonchev–Trinajstić information content (AvgIpc) is 2.87. The van der Waals surface area contributed by atoms with Crippen molar-refractivity contribution in [2.24, 2.45) is 0 Å². The molecule has 1 unspecified atom stereocenters. The summed E-state index contributed by atoms with van der Waals surface area (Å²) in [6.45, 7) is 3.23. The van der Waals surface area contributed by atoms with Gasteiger partial charge in [0.2, 0.25) is 5.91 Å². The fourth-order valence-electron chi connectivity index (χ4n) is 3.12. The molecule has 0 spiro atoms. The molecule has 116 valence electrons. The van der Waals surface area contributed by atoms with Crippen LogP contribution in [-0.2, 0) is 14.6 Å². The van der Waals surface area contributed by atoms with Crippen LogP contribution >= 0.6 is 0 Å². The zero-order valence-electron chi connectivity index (χ0n) is 12.1. The second-order valence-electron chi connectivity index (χ2n) is 5.80. The van der Waals surface area contributed by atoms with Gasteiger partial charge in [-0.15, -0.1) is 0 Å². The number of amides is 1. The Bertz CT molecular complexity index is 432. The molecule has 20 heavy (non-hydrogen) atoms. The SMILES string of the molecule is CS(=O)(=O)CCNC(=O)C1CCCN1C1CCNCC1. The van der Waals surface area contributed by atoms with Crippen LogP contribution in [0.1, 0.15) is 25.7 Å². The number of nitrogens with one attached hydrogen (secondary N) is 2. The zero-order valence-corrected chi connectivity index (χ0v) is 12.9. The average molecular weight is 303 g/mol. The first-order chi connectivity index (χ1) is 9.47. The highest BCUT2D eigenvalue weighted by molar-refractivity contribution is 7.90. The molecule has 0 aliphatic carbocycles. The maximum Gasteiger partial charge on any atom is 0.237 e. The van der Waals surface area contributed by atoms with Crippen molar-refractivity contribution in [3.8, 4) is 0 Å². The lowest BCUT2D eigenvalue weighted by Gasteiger charge is -2.35. The van der Waals surface area contributed by atoms with Crippen LogP contribution in [-0.4, -0.2) is 69.5 Å². The molecule has 7 heteroatoms. The van der Waals surface area contributed by atoms with Gasteiger partial charge in [-0.2, -0.15) is 0 Å². The van der Waals surface area contributed by atoms with Crippen LogP contribution in [0.5, 0.6) is 0 Å². The number of carbonyl (C=O) groups excluding carboxylic acids is 1. The van der Waals surface area contributed by atoms with E-state index in [1.54, 1.807) is 0 Å². The summed E-state index contributed by atoms with van der Waals surface area (Å²) in [5.74, 6) is 0.00315. The third kappa shape index (κ3) is 4.43. The molecule has 6 nitrogen and oxygen atoms in total. The minimum Gasteiger partial charge on any atom is -0.354 e. The number of hydrogen-bond acceptors (Lipinski definition) is 5. The van der Waals surface area contributed by atoms with E-state index in [1.165, 1.54) is 6.26 Å². The molecule has 2 aliphatic rings. The van der Waals surface area contributed by atoms with E-state index in [2.05, 4.69) is 15.5 Å². The van der Waals surface area contributed by atoms with Crippen molar-refractivity contribution in [3.63, 3.8) is 0 Å². The molecule has 2 heterocycles. The number of rotatable bonds is 5. The van der Waals surface area contributed by atoms with Gasteiger partial charge in [0.15, 0.2) is 0 Å². The third-order valence-corrected chi connectivity index (χ3v) is 5.09.